The zero-order chi connectivity index (χ0) is 16.2. The number of benzene rings is 1. The van der Waals surface area contributed by atoms with Crippen molar-refractivity contribution >= 4 is 15.9 Å². The Morgan fingerprint density at radius 2 is 2.05 bits per heavy atom. The van der Waals surface area contributed by atoms with Crippen molar-refractivity contribution in [3.8, 4) is 0 Å². The lowest BCUT2D eigenvalue weighted by Crippen LogP contribution is -2.49. The molecule has 0 aromatic heterocycles. The van der Waals surface area contributed by atoms with Crippen LogP contribution in [-0.2, 0) is 14.8 Å². The van der Waals surface area contributed by atoms with Crippen LogP contribution >= 0.6 is 0 Å². The van der Waals surface area contributed by atoms with Gasteiger partial charge in [0.15, 0.2) is 0 Å². The van der Waals surface area contributed by atoms with E-state index in [1.54, 1.807) is 13.8 Å². The molecule has 118 valence electrons. The van der Waals surface area contributed by atoms with E-state index >= 15 is 0 Å². The van der Waals surface area contributed by atoms with Crippen molar-refractivity contribution in [2.75, 3.05) is 0 Å². The summed E-state index contributed by atoms with van der Waals surface area (Å²) in [5, 5.41) is 8.71. The van der Waals surface area contributed by atoms with E-state index in [1.807, 2.05) is 0 Å². The van der Waals surface area contributed by atoms with Crippen molar-refractivity contribution < 1.29 is 22.8 Å². The molecule has 0 aliphatic carbocycles. The number of hydroxylamine groups is 1. The number of rotatable bonds is 6. The number of hydrogen-bond acceptors (Lipinski definition) is 4. The van der Waals surface area contributed by atoms with Crippen molar-refractivity contribution in [2.24, 2.45) is 5.92 Å². The number of sulfonamides is 1. The minimum Gasteiger partial charge on any atom is -0.289 e. The van der Waals surface area contributed by atoms with Crippen molar-refractivity contribution in [1.29, 1.82) is 0 Å². The van der Waals surface area contributed by atoms with Gasteiger partial charge in [-0.25, -0.2) is 18.3 Å². The molecule has 1 amide bonds. The Morgan fingerprint density at radius 1 is 1.43 bits per heavy atom. The number of aryl methyl sites for hydroxylation is 1. The average Bonchev–Trinajstić information content (AvgIpc) is 2.45. The normalized spacial score (nSPS) is 14.5. The minimum atomic E-state index is -4.00. The highest BCUT2D eigenvalue weighted by atomic mass is 32.2. The Balaban J connectivity index is 3.11. The molecule has 0 saturated heterocycles. The summed E-state index contributed by atoms with van der Waals surface area (Å²) in [5.41, 5.74) is 1.63. The molecular formula is C13H19FN2O4S. The topological polar surface area (TPSA) is 95.5 Å². The molecular weight excluding hydrogens is 299 g/mol. The molecule has 1 aromatic rings. The molecule has 0 aliphatic rings. The van der Waals surface area contributed by atoms with Gasteiger partial charge in [0, 0.05) is 0 Å². The van der Waals surface area contributed by atoms with Crippen LogP contribution in [-0.4, -0.2) is 25.6 Å². The largest absolute Gasteiger partial charge is 0.289 e. The van der Waals surface area contributed by atoms with Gasteiger partial charge in [-0.3, -0.25) is 10.0 Å². The van der Waals surface area contributed by atoms with E-state index in [-0.39, 0.29) is 16.4 Å². The lowest BCUT2D eigenvalue weighted by atomic mass is 10.00. The molecule has 3 N–H and O–H groups in total. The predicted octanol–water partition coefficient (Wildman–Crippen LogP) is 1.33. The van der Waals surface area contributed by atoms with E-state index in [0.717, 1.165) is 12.1 Å². The lowest BCUT2D eigenvalue weighted by Gasteiger charge is -2.22. The first-order valence-electron chi connectivity index (χ1n) is 6.45. The number of carbonyl (C=O) groups excluding carboxylic acids is 1. The summed E-state index contributed by atoms with van der Waals surface area (Å²) < 4.78 is 39.9. The van der Waals surface area contributed by atoms with Crippen LogP contribution in [0.25, 0.3) is 0 Å². The van der Waals surface area contributed by atoms with Crippen LogP contribution in [0.15, 0.2) is 23.1 Å². The maximum Gasteiger partial charge on any atom is 0.261 e. The van der Waals surface area contributed by atoms with E-state index in [1.165, 1.54) is 18.5 Å². The van der Waals surface area contributed by atoms with E-state index in [9.17, 15) is 17.6 Å². The molecule has 0 aliphatic heterocycles. The van der Waals surface area contributed by atoms with Crippen LogP contribution in [0.4, 0.5) is 4.39 Å². The van der Waals surface area contributed by atoms with Gasteiger partial charge in [-0.05, 0) is 36.6 Å². The molecule has 0 heterocycles. The van der Waals surface area contributed by atoms with Crippen LogP contribution in [0, 0.1) is 18.7 Å². The summed E-state index contributed by atoms with van der Waals surface area (Å²) in [6, 6.07) is 2.24. The monoisotopic (exact) mass is 318 g/mol. The zero-order valence-corrected chi connectivity index (χ0v) is 12.9. The predicted molar refractivity (Wildman–Crippen MR) is 74.6 cm³/mol. The summed E-state index contributed by atoms with van der Waals surface area (Å²) in [6.07, 6.45) is 0.531. The van der Waals surface area contributed by atoms with E-state index in [0.29, 0.717) is 6.42 Å². The van der Waals surface area contributed by atoms with Crippen LogP contribution in [0.3, 0.4) is 0 Å². The highest BCUT2D eigenvalue weighted by Crippen LogP contribution is 2.17. The standard InChI is InChI=1S/C13H19FN2O4S/c1-4-8(2)12(13(17)15-18)16-21(19,20)10-5-6-11(14)9(3)7-10/h5-8,12,16,18H,4H2,1-3H3,(H,15,17)/t8-,12?/m1/s1. The minimum absolute atomic E-state index is 0.138. The summed E-state index contributed by atoms with van der Waals surface area (Å²) >= 11 is 0. The first kappa shape index (κ1) is 17.5. The molecule has 0 saturated carbocycles. The summed E-state index contributed by atoms with van der Waals surface area (Å²) in [6.45, 7) is 4.91. The number of carbonyl (C=O) groups is 1. The molecule has 6 nitrogen and oxygen atoms in total. The second kappa shape index (κ2) is 6.97. The maximum absolute atomic E-state index is 13.2. The van der Waals surface area contributed by atoms with Crippen molar-refractivity contribution in [2.45, 2.75) is 38.1 Å². The van der Waals surface area contributed by atoms with Gasteiger partial charge in [0.25, 0.3) is 5.91 Å². The van der Waals surface area contributed by atoms with Crippen molar-refractivity contribution in [3.63, 3.8) is 0 Å². The fourth-order valence-electron chi connectivity index (χ4n) is 1.75. The van der Waals surface area contributed by atoms with Crippen molar-refractivity contribution in [1.82, 2.24) is 10.2 Å². The molecule has 1 aromatic carbocycles. The van der Waals surface area contributed by atoms with Gasteiger partial charge in [-0.1, -0.05) is 20.3 Å². The SMILES string of the molecule is CC[C@@H](C)C(NS(=O)(=O)c1ccc(F)c(C)c1)C(=O)NO. The summed E-state index contributed by atoms with van der Waals surface area (Å²) in [4.78, 5) is 11.5. The fraction of sp³-hybridized carbons (Fsp3) is 0.462. The molecule has 0 radical (unpaired) electrons. The summed E-state index contributed by atoms with van der Waals surface area (Å²) in [7, 11) is -4.00. The van der Waals surface area contributed by atoms with E-state index in [2.05, 4.69) is 4.72 Å². The molecule has 1 unspecified atom stereocenters. The Labute approximate surface area is 123 Å². The third-order valence-corrected chi connectivity index (χ3v) is 4.77. The van der Waals surface area contributed by atoms with Crippen molar-refractivity contribution in [3.05, 3.63) is 29.6 Å². The molecule has 8 heteroatoms. The maximum atomic E-state index is 13.2. The Kier molecular flexibility index (Phi) is 5.82. The molecule has 2 atom stereocenters. The number of halogens is 1. The Morgan fingerprint density at radius 3 is 2.52 bits per heavy atom. The van der Waals surface area contributed by atoms with Crippen LogP contribution < -0.4 is 10.2 Å². The van der Waals surface area contributed by atoms with Gasteiger partial charge in [0.1, 0.15) is 11.9 Å². The van der Waals surface area contributed by atoms with E-state index < -0.39 is 27.8 Å². The highest BCUT2D eigenvalue weighted by Gasteiger charge is 2.29. The molecule has 0 fully saturated rings. The number of nitrogens with one attached hydrogen (secondary N) is 2. The van der Waals surface area contributed by atoms with Gasteiger partial charge in [-0.15, -0.1) is 0 Å². The van der Waals surface area contributed by atoms with Crippen LogP contribution in [0.5, 0.6) is 0 Å². The third-order valence-electron chi connectivity index (χ3n) is 3.33. The third kappa shape index (κ3) is 4.23. The fourth-order valence-corrected chi connectivity index (χ4v) is 3.14. The van der Waals surface area contributed by atoms with Gasteiger partial charge >= 0.3 is 0 Å². The molecule has 21 heavy (non-hydrogen) atoms. The number of amides is 1. The molecule has 0 spiro atoms. The van der Waals surface area contributed by atoms with Gasteiger partial charge < -0.3 is 0 Å². The second-order valence-electron chi connectivity index (χ2n) is 4.87. The first-order chi connectivity index (χ1) is 9.72. The van der Waals surface area contributed by atoms with Crippen LogP contribution in [0.1, 0.15) is 25.8 Å². The Hall–Kier alpha value is -1.51. The smallest absolute Gasteiger partial charge is 0.261 e. The van der Waals surface area contributed by atoms with E-state index in [4.69, 9.17) is 5.21 Å². The van der Waals surface area contributed by atoms with Gasteiger partial charge in [0.2, 0.25) is 10.0 Å². The Bertz CT molecular complexity index is 619. The van der Waals surface area contributed by atoms with Crippen LogP contribution in [0.2, 0.25) is 0 Å². The molecule has 1 rings (SSSR count). The first-order valence-corrected chi connectivity index (χ1v) is 7.93. The zero-order valence-electron chi connectivity index (χ0n) is 12.1. The lowest BCUT2D eigenvalue weighted by molar-refractivity contribution is -0.132. The second-order valence-corrected chi connectivity index (χ2v) is 6.59. The van der Waals surface area contributed by atoms with Gasteiger partial charge in [-0.2, -0.15) is 4.72 Å². The number of hydrogen-bond donors (Lipinski definition) is 3. The highest BCUT2D eigenvalue weighted by molar-refractivity contribution is 7.89. The molecule has 0 bridgehead atoms. The van der Waals surface area contributed by atoms with Gasteiger partial charge in [0.05, 0.1) is 4.90 Å². The quantitative estimate of drug-likeness (QED) is 0.545. The summed E-state index contributed by atoms with van der Waals surface area (Å²) in [5.74, 6) is -1.68. The average molecular weight is 318 g/mol.